The van der Waals surface area contributed by atoms with Gasteiger partial charge in [-0.05, 0) is 17.0 Å². The monoisotopic (exact) mass is 265 g/mol. The Labute approximate surface area is 108 Å². The van der Waals surface area contributed by atoms with Crippen LogP contribution in [0.3, 0.4) is 0 Å². The van der Waals surface area contributed by atoms with E-state index in [2.05, 4.69) is 11.4 Å². The van der Waals surface area contributed by atoms with Crippen molar-refractivity contribution in [2.45, 2.75) is 11.5 Å². The standard InChI is InChI=1S/C12H11NO2S2/c14-13(15)11-5-3-10(4-6-11)8-16-9-12-2-1-7-17-12/h1-7H,8-9H2. The first-order chi connectivity index (χ1) is 8.25. The normalized spacial score (nSPS) is 10.4. The largest absolute Gasteiger partial charge is 0.269 e. The Kier molecular flexibility index (Phi) is 4.17. The Morgan fingerprint density at radius 1 is 1.18 bits per heavy atom. The van der Waals surface area contributed by atoms with Crippen molar-refractivity contribution in [2.24, 2.45) is 0 Å². The molecule has 2 rings (SSSR count). The number of hydrogen-bond donors (Lipinski definition) is 0. The fourth-order valence-electron chi connectivity index (χ4n) is 1.38. The fourth-order valence-corrected chi connectivity index (χ4v) is 3.22. The first-order valence-electron chi connectivity index (χ1n) is 5.09. The van der Waals surface area contributed by atoms with Crippen molar-refractivity contribution in [1.29, 1.82) is 0 Å². The van der Waals surface area contributed by atoms with E-state index in [4.69, 9.17) is 0 Å². The molecule has 0 saturated carbocycles. The molecule has 88 valence electrons. The molecule has 3 nitrogen and oxygen atoms in total. The van der Waals surface area contributed by atoms with E-state index in [9.17, 15) is 10.1 Å². The molecule has 0 unspecified atom stereocenters. The van der Waals surface area contributed by atoms with Crippen LogP contribution in [0.1, 0.15) is 10.4 Å². The van der Waals surface area contributed by atoms with Crippen molar-refractivity contribution in [3.63, 3.8) is 0 Å². The molecule has 1 aromatic carbocycles. The fraction of sp³-hybridized carbons (Fsp3) is 0.167. The van der Waals surface area contributed by atoms with Gasteiger partial charge in [-0.1, -0.05) is 18.2 Å². The van der Waals surface area contributed by atoms with Gasteiger partial charge in [-0.3, -0.25) is 10.1 Å². The first kappa shape index (κ1) is 12.1. The van der Waals surface area contributed by atoms with Gasteiger partial charge in [0.2, 0.25) is 0 Å². The third-order valence-electron chi connectivity index (χ3n) is 2.24. The lowest BCUT2D eigenvalue weighted by Crippen LogP contribution is -1.88. The van der Waals surface area contributed by atoms with Crippen molar-refractivity contribution in [1.82, 2.24) is 0 Å². The van der Waals surface area contributed by atoms with E-state index in [1.807, 2.05) is 30.0 Å². The van der Waals surface area contributed by atoms with E-state index in [0.29, 0.717) is 0 Å². The summed E-state index contributed by atoms with van der Waals surface area (Å²) in [4.78, 5) is 11.5. The van der Waals surface area contributed by atoms with Gasteiger partial charge in [-0.15, -0.1) is 11.3 Å². The highest BCUT2D eigenvalue weighted by atomic mass is 32.2. The lowest BCUT2D eigenvalue weighted by molar-refractivity contribution is -0.384. The molecule has 0 radical (unpaired) electrons. The SMILES string of the molecule is O=[N+]([O-])c1ccc(CSCc2cccs2)cc1. The zero-order chi connectivity index (χ0) is 12.1. The molecule has 0 aliphatic carbocycles. The number of nitro groups is 1. The Bertz CT molecular complexity index is 480. The number of rotatable bonds is 5. The predicted molar refractivity (Wildman–Crippen MR) is 72.4 cm³/mol. The van der Waals surface area contributed by atoms with Crippen LogP contribution in [0.15, 0.2) is 41.8 Å². The van der Waals surface area contributed by atoms with Gasteiger partial charge in [0.1, 0.15) is 0 Å². The molecule has 0 fully saturated rings. The summed E-state index contributed by atoms with van der Waals surface area (Å²) in [5.74, 6) is 1.88. The average molecular weight is 265 g/mol. The molecule has 0 bridgehead atoms. The number of non-ortho nitro benzene ring substituents is 1. The van der Waals surface area contributed by atoms with Gasteiger partial charge in [0.25, 0.3) is 5.69 Å². The van der Waals surface area contributed by atoms with Crippen molar-refractivity contribution in [2.75, 3.05) is 0 Å². The van der Waals surface area contributed by atoms with Gasteiger partial charge in [0, 0.05) is 28.5 Å². The van der Waals surface area contributed by atoms with Crippen LogP contribution in [0, 0.1) is 10.1 Å². The van der Waals surface area contributed by atoms with Crippen molar-refractivity contribution < 1.29 is 4.92 Å². The zero-order valence-electron chi connectivity index (χ0n) is 9.04. The molecule has 0 aliphatic rings. The number of nitrogens with zero attached hydrogens (tertiary/aromatic N) is 1. The molecule has 0 atom stereocenters. The average Bonchev–Trinajstić information content (AvgIpc) is 2.83. The van der Waals surface area contributed by atoms with Gasteiger partial charge in [0.15, 0.2) is 0 Å². The number of benzene rings is 1. The van der Waals surface area contributed by atoms with E-state index in [1.165, 1.54) is 4.88 Å². The molecule has 5 heteroatoms. The third kappa shape index (κ3) is 3.57. The molecule has 0 spiro atoms. The summed E-state index contributed by atoms with van der Waals surface area (Å²) < 4.78 is 0. The minimum absolute atomic E-state index is 0.150. The number of thiophene rings is 1. The van der Waals surface area contributed by atoms with Crippen LogP contribution in [0.25, 0.3) is 0 Å². The van der Waals surface area contributed by atoms with Crippen LogP contribution in [0.4, 0.5) is 5.69 Å². The second-order valence-electron chi connectivity index (χ2n) is 3.50. The summed E-state index contributed by atoms with van der Waals surface area (Å²) >= 11 is 3.57. The van der Waals surface area contributed by atoms with E-state index in [1.54, 1.807) is 23.5 Å². The van der Waals surface area contributed by atoms with Crippen LogP contribution in [0.2, 0.25) is 0 Å². The minimum atomic E-state index is -0.372. The van der Waals surface area contributed by atoms with E-state index in [0.717, 1.165) is 17.1 Å². The minimum Gasteiger partial charge on any atom is -0.258 e. The van der Waals surface area contributed by atoms with Crippen LogP contribution in [-0.4, -0.2) is 4.92 Å². The summed E-state index contributed by atoms with van der Waals surface area (Å²) in [6.07, 6.45) is 0. The van der Waals surface area contributed by atoms with Crippen LogP contribution < -0.4 is 0 Å². The maximum Gasteiger partial charge on any atom is 0.269 e. The van der Waals surface area contributed by atoms with Gasteiger partial charge in [0.05, 0.1) is 4.92 Å². The molecule has 2 aromatic rings. The molecule has 17 heavy (non-hydrogen) atoms. The van der Waals surface area contributed by atoms with Gasteiger partial charge in [-0.2, -0.15) is 11.8 Å². The third-order valence-corrected chi connectivity index (χ3v) is 4.35. The highest BCUT2D eigenvalue weighted by Crippen LogP contribution is 2.22. The molecule has 0 aliphatic heterocycles. The Balaban J connectivity index is 1.85. The highest BCUT2D eigenvalue weighted by molar-refractivity contribution is 7.97. The lowest BCUT2D eigenvalue weighted by Gasteiger charge is -2.00. The smallest absolute Gasteiger partial charge is 0.258 e. The van der Waals surface area contributed by atoms with Gasteiger partial charge < -0.3 is 0 Å². The maximum atomic E-state index is 10.5. The first-order valence-corrected chi connectivity index (χ1v) is 7.12. The number of thioether (sulfide) groups is 1. The van der Waals surface area contributed by atoms with Crippen molar-refractivity contribution in [3.05, 3.63) is 62.3 Å². The molecule has 0 saturated heterocycles. The molecule has 0 amide bonds. The second-order valence-corrected chi connectivity index (χ2v) is 5.51. The topological polar surface area (TPSA) is 43.1 Å². The van der Waals surface area contributed by atoms with Crippen molar-refractivity contribution >= 4 is 28.8 Å². The van der Waals surface area contributed by atoms with Crippen LogP contribution in [0.5, 0.6) is 0 Å². The Hall–Kier alpha value is -1.33. The molecule has 0 N–H and O–H groups in total. The molecular formula is C12H11NO2S2. The number of hydrogen-bond acceptors (Lipinski definition) is 4. The van der Waals surface area contributed by atoms with E-state index >= 15 is 0 Å². The summed E-state index contributed by atoms with van der Waals surface area (Å²) in [7, 11) is 0. The summed E-state index contributed by atoms with van der Waals surface area (Å²) in [6, 6.07) is 10.9. The highest BCUT2D eigenvalue weighted by Gasteiger charge is 2.03. The van der Waals surface area contributed by atoms with Crippen molar-refractivity contribution in [3.8, 4) is 0 Å². The summed E-state index contributed by atoms with van der Waals surface area (Å²) in [5.41, 5.74) is 1.27. The second kappa shape index (κ2) is 5.84. The predicted octanol–water partition coefficient (Wildman–Crippen LogP) is 4.09. The van der Waals surface area contributed by atoms with Crippen LogP contribution in [-0.2, 0) is 11.5 Å². The van der Waals surface area contributed by atoms with E-state index < -0.39 is 0 Å². The Morgan fingerprint density at radius 2 is 1.94 bits per heavy atom. The number of nitro benzene ring substituents is 1. The lowest BCUT2D eigenvalue weighted by atomic mass is 10.2. The maximum absolute atomic E-state index is 10.5. The molecule has 1 aromatic heterocycles. The zero-order valence-corrected chi connectivity index (χ0v) is 10.7. The van der Waals surface area contributed by atoms with E-state index in [-0.39, 0.29) is 10.6 Å². The summed E-state index contributed by atoms with van der Waals surface area (Å²) in [5, 5.41) is 12.6. The van der Waals surface area contributed by atoms with Crippen LogP contribution >= 0.6 is 23.1 Å². The summed E-state index contributed by atoms with van der Waals surface area (Å²) in [6.45, 7) is 0. The Morgan fingerprint density at radius 3 is 2.53 bits per heavy atom. The quantitative estimate of drug-likeness (QED) is 0.604. The molecular weight excluding hydrogens is 254 g/mol. The van der Waals surface area contributed by atoms with Gasteiger partial charge in [-0.25, -0.2) is 0 Å². The molecule has 1 heterocycles. The van der Waals surface area contributed by atoms with Gasteiger partial charge >= 0.3 is 0 Å².